The number of fused-ring (bicyclic) bond motifs is 5. The van der Waals surface area contributed by atoms with Crippen molar-refractivity contribution in [1.82, 2.24) is 4.90 Å². The van der Waals surface area contributed by atoms with E-state index in [-0.39, 0.29) is 96.8 Å². The highest BCUT2D eigenvalue weighted by atomic mass is 16.7. The van der Waals surface area contributed by atoms with E-state index in [0.29, 0.717) is 25.0 Å². The van der Waals surface area contributed by atoms with E-state index in [1.165, 1.54) is 0 Å². The normalized spacial score (nSPS) is 45.1. The van der Waals surface area contributed by atoms with Gasteiger partial charge in [-0.2, -0.15) is 0 Å². The van der Waals surface area contributed by atoms with Gasteiger partial charge >= 0.3 is 5.97 Å². The lowest BCUT2D eigenvalue weighted by atomic mass is 9.70. The fraction of sp³-hybridized carbons (Fsp3) is 0.857. The summed E-state index contributed by atoms with van der Waals surface area (Å²) in [6.45, 7) is 10.7. The third-order valence-corrected chi connectivity index (χ3v) is 13.3. The molecule has 300 valence electrons. The number of cyclic esters (lactones) is 1. The first-order chi connectivity index (χ1) is 25.5. The maximum absolute atomic E-state index is 14.7. The maximum Gasteiger partial charge on any atom is 0.306 e. The van der Waals surface area contributed by atoms with E-state index in [9.17, 15) is 9.59 Å². The Hall–Kier alpha value is -1.70. The summed E-state index contributed by atoms with van der Waals surface area (Å²) in [6.07, 6.45) is 10.9. The molecule has 0 aromatic heterocycles. The van der Waals surface area contributed by atoms with Crippen LogP contribution in [0.2, 0.25) is 0 Å². The molecule has 53 heavy (non-hydrogen) atoms. The molecule has 3 saturated heterocycles. The quantitative estimate of drug-likeness (QED) is 0.198. The first-order valence-electron chi connectivity index (χ1n) is 20.6. The Morgan fingerprint density at radius 3 is 2.30 bits per heavy atom. The van der Waals surface area contributed by atoms with E-state index in [1.54, 1.807) is 14.2 Å². The summed E-state index contributed by atoms with van der Waals surface area (Å²) < 4.78 is 50.1. The Labute approximate surface area is 317 Å². The standard InChI is InChI=1S/C42H67NO10/c1-10-27-13-12-14-35(53-37-18-17-34(43(6)7)24(4)49-37)23(3)38(45)33-21-31-29(32(33)22-36(44)51-27)16-15-26-19-28(20-30(26)31)52-42-41(47-9)40(48-11-2)39(46-8)25(5)50-42/h15-16,21,23-32,34-35,37,39-42H,10-14,17-20,22H2,1-9H3/t23-,24?,25?,26-,27+,28-,29-,30-,31-,32+,34+,35+,37+,39+,40?,41?,42+/m1/s1. The topological polar surface area (TPSA) is 111 Å². The van der Waals surface area contributed by atoms with Gasteiger partial charge < -0.3 is 42.8 Å². The van der Waals surface area contributed by atoms with Gasteiger partial charge in [0.25, 0.3) is 0 Å². The van der Waals surface area contributed by atoms with Gasteiger partial charge in [-0.05, 0) is 115 Å². The van der Waals surface area contributed by atoms with Crippen molar-refractivity contribution in [3.05, 3.63) is 23.8 Å². The van der Waals surface area contributed by atoms with Crippen LogP contribution in [-0.4, -0.2) is 119 Å². The number of hydrogen-bond acceptors (Lipinski definition) is 11. The fourth-order valence-electron chi connectivity index (χ4n) is 10.5. The van der Waals surface area contributed by atoms with Crippen LogP contribution >= 0.6 is 0 Å². The van der Waals surface area contributed by atoms with Crippen LogP contribution < -0.4 is 0 Å². The average molecular weight is 746 g/mol. The van der Waals surface area contributed by atoms with Crippen molar-refractivity contribution >= 4 is 11.8 Å². The molecule has 0 aromatic rings. The van der Waals surface area contributed by atoms with Crippen LogP contribution in [0.4, 0.5) is 0 Å². The van der Waals surface area contributed by atoms with Gasteiger partial charge in [0.1, 0.15) is 24.4 Å². The van der Waals surface area contributed by atoms with Crippen molar-refractivity contribution in [1.29, 1.82) is 0 Å². The number of ketones is 1. The molecule has 3 aliphatic heterocycles. The molecule has 3 aliphatic carbocycles. The Morgan fingerprint density at radius 1 is 0.849 bits per heavy atom. The lowest BCUT2D eigenvalue weighted by Crippen LogP contribution is -2.60. The number of carbonyl (C=O) groups excluding carboxylic acids is 2. The summed E-state index contributed by atoms with van der Waals surface area (Å²) >= 11 is 0. The number of esters is 1. The van der Waals surface area contributed by atoms with Crippen molar-refractivity contribution in [3.63, 3.8) is 0 Å². The van der Waals surface area contributed by atoms with Crippen LogP contribution in [-0.2, 0) is 47.5 Å². The third kappa shape index (κ3) is 8.83. The van der Waals surface area contributed by atoms with Crippen LogP contribution in [0.15, 0.2) is 23.8 Å². The lowest BCUT2D eigenvalue weighted by Gasteiger charge is -2.44. The molecule has 1 saturated carbocycles. The van der Waals surface area contributed by atoms with Gasteiger partial charge in [-0.3, -0.25) is 9.59 Å². The van der Waals surface area contributed by atoms with E-state index >= 15 is 0 Å². The maximum atomic E-state index is 14.7. The van der Waals surface area contributed by atoms with Gasteiger partial charge in [0.2, 0.25) is 0 Å². The second-order valence-corrected chi connectivity index (χ2v) is 16.7. The molecule has 0 amide bonds. The molecule has 6 aliphatic rings. The van der Waals surface area contributed by atoms with E-state index < -0.39 is 12.4 Å². The van der Waals surface area contributed by atoms with Crippen LogP contribution in [0.5, 0.6) is 0 Å². The summed E-state index contributed by atoms with van der Waals surface area (Å²) in [5.74, 6) is 0.0193. The average Bonchev–Trinajstić information content (AvgIpc) is 3.70. The SMILES string of the molecule is CCOC1C(OC)[C@H](O[C@H]2C[C@H]3[C@@H]4C=C5C(=O)[C@H](C)[C@@H](O[C@H]6CC[C@H](N(C)C)C(C)O6)CCC[C@H](CC)OC(=O)C[C@H]5[C@@H]4C=C[C@@H]3C2)OC(C)[C@@H]1OC. The summed E-state index contributed by atoms with van der Waals surface area (Å²) in [6, 6.07) is 0.339. The van der Waals surface area contributed by atoms with Gasteiger partial charge in [0.15, 0.2) is 18.4 Å². The number of rotatable bonds is 10. The number of allylic oxidation sites excluding steroid dienone is 4. The minimum Gasteiger partial charge on any atom is -0.462 e. The largest absolute Gasteiger partial charge is 0.462 e. The molecule has 17 atom stereocenters. The summed E-state index contributed by atoms with van der Waals surface area (Å²) in [5, 5.41) is 0. The molecule has 0 N–H and O–H groups in total. The number of carbonyl (C=O) groups is 2. The highest BCUT2D eigenvalue weighted by Crippen LogP contribution is 2.54. The molecule has 3 heterocycles. The fourth-order valence-corrected chi connectivity index (χ4v) is 10.5. The highest BCUT2D eigenvalue weighted by Gasteiger charge is 2.53. The van der Waals surface area contributed by atoms with E-state index in [0.717, 1.165) is 50.5 Å². The Balaban J connectivity index is 1.20. The van der Waals surface area contributed by atoms with Gasteiger partial charge in [-0.1, -0.05) is 32.1 Å². The Morgan fingerprint density at radius 2 is 1.62 bits per heavy atom. The van der Waals surface area contributed by atoms with Crippen LogP contribution in [0.3, 0.4) is 0 Å². The molecule has 11 heteroatoms. The van der Waals surface area contributed by atoms with Crippen molar-refractivity contribution in [2.45, 2.75) is 160 Å². The molecule has 4 fully saturated rings. The second-order valence-electron chi connectivity index (χ2n) is 16.7. The van der Waals surface area contributed by atoms with Gasteiger partial charge in [0, 0.05) is 38.7 Å². The predicted octanol–water partition coefficient (Wildman–Crippen LogP) is 5.88. The molecule has 0 spiro atoms. The molecule has 0 radical (unpaired) electrons. The van der Waals surface area contributed by atoms with Gasteiger partial charge in [-0.25, -0.2) is 0 Å². The first-order valence-corrected chi connectivity index (χ1v) is 20.6. The van der Waals surface area contributed by atoms with Crippen molar-refractivity contribution in [2.24, 2.45) is 35.5 Å². The van der Waals surface area contributed by atoms with Crippen LogP contribution in [0, 0.1) is 35.5 Å². The monoisotopic (exact) mass is 745 g/mol. The second kappa shape index (κ2) is 18.0. The number of ether oxygens (including phenoxy) is 8. The van der Waals surface area contributed by atoms with Crippen LogP contribution in [0.25, 0.3) is 0 Å². The van der Waals surface area contributed by atoms with E-state index in [4.69, 9.17) is 37.9 Å². The first kappa shape index (κ1) is 40.9. The van der Waals surface area contributed by atoms with E-state index in [2.05, 4.69) is 51.1 Å². The zero-order chi connectivity index (χ0) is 38.0. The number of methoxy groups -OCH3 is 2. The minimum atomic E-state index is -0.592. The highest BCUT2D eigenvalue weighted by molar-refractivity contribution is 5.99. The smallest absolute Gasteiger partial charge is 0.306 e. The van der Waals surface area contributed by atoms with Crippen LogP contribution in [0.1, 0.15) is 92.4 Å². The zero-order valence-electron chi connectivity index (χ0n) is 33.6. The van der Waals surface area contributed by atoms with Crippen molar-refractivity contribution in [2.75, 3.05) is 34.9 Å². The van der Waals surface area contributed by atoms with Gasteiger partial charge in [-0.15, -0.1) is 0 Å². The Kier molecular flexibility index (Phi) is 13.9. The van der Waals surface area contributed by atoms with E-state index in [1.807, 2.05) is 20.8 Å². The molecule has 0 bridgehead atoms. The number of hydrogen-bond donors (Lipinski definition) is 0. The van der Waals surface area contributed by atoms with Gasteiger partial charge in [0.05, 0.1) is 30.8 Å². The zero-order valence-corrected chi connectivity index (χ0v) is 33.6. The molecular formula is C42H67NO10. The van der Waals surface area contributed by atoms with Crippen molar-refractivity contribution < 1.29 is 47.5 Å². The number of nitrogens with zero attached hydrogens (tertiary/aromatic N) is 1. The molecule has 4 unspecified atom stereocenters. The van der Waals surface area contributed by atoms with Crippen molar-refractivity contribution in [3.8, 4) is 0 Å². The summed E-state index contributed by atoms with van der Waals surface area (Å²) in [5.41, 5.74) is 0.765. The molecule has 6 rings (SSSR count). The number of likely N-dealkylation sites (N-methyl/N-ethyl adjacent to an activating group) is 1. The molecular weight excluding hydrogens is 678 g/mol. The summed E-state index contributed by atoms with van der Waals surface area (Å²) in [4.78, 5) is 30.4. The predicted molar refractivity (Wildman–Crippen MR) is 199 cm³/mol. The summed E-state index contributed by atoms with van der Waals surface area (Å²) in [7, 11) is 7.52. The number of Topliss-reactive ketones (excluding diaryl/α,β-unsaturated/α-hetero) is 1. The third-order valence-electron chi connectivity index (χ3n) is 13.3. The molecule has 0 aromatic carbocycles. The lowest BCUT2D eigenvalue weighted by molar-refractivity contribution is -0.317. The Bertz CT molecular complexity index is 1300. The molecule has 11 nitrogen and oxygen atoms in total. The minimum absolute atomic E-state index is 0.0377.